The summed E-state index contributed by atoms with van der Waals surface area (Å²) in [6.07, 6.45) is 6.75. The van der Waals surface area contributed by atoms with Gasteiger partial charge >= 0.3 is 0 Å². The second kappa shape index (κ2) is 3.14. The highest BCUT2D eigenvalue weighted by molar-refractivity contribution is 6.29. The first-order valence-corrected chi connectivity index (χ1v) is 4.10. The van der Waals surface area contributed by atoms with Crippen LogP contribution >= 0.6 is 11.6 Å². The van der Waals surface area contributed by atoms with Crippen molar-refractivity contribution in [1.29, 1.82) is 0 Å². The van der Waals surface area contributed by atoms with Gasteiger partial charge in [0.05, 0.1) is 24.3 Å². The van der Waals surface area contributed by atoms with Crippen molar-refractivity contribution in [1.82, 2.24) is 19.7 Å². The van der Waals surface area contributed by atoms with Gasteiger partial charge in [0.25, 0.3) is 0 Å². The minimum atomic E-state index is 0.396. The molecule has 2 rings (SSSR count). The number of nitrogens with zero attached hydrogens (tertiary/aromatic N) is 4. The van der Waals surface area contributed by atoms with E-state index in [-0.39, 0.29) is 0 Å². The van der Waals surface area contributed by atoms with Crippen LogP contribution in [-0.4, -0.2) is 19.7 Å². The lowest BCUT2D eigenvalue weighted by Gasteiger charge is -1.93. The highest BCUT2D eigenvalue weighted by atomic mass is 35.5. The minimum absolute atomic E-state index is 0.396. The number of hydrogen-bond acceptors (Lipinski definition) is 3. The van der Waals surface area contributed by atoms with E-state index in [1.807, 2.05) is 13.2 Å². The smallest absolute Gasteiger partial charge is 0.147 e. The molecule has 4 nitrogen and oxygen atoms in total. The van der Waals surface area contributed by atoms with Gasteiger partial charge in [-0.15, -0.1) is 0 Å². The van der Waals surface area contributed by atoms with Crippen molar-refractivity contribution in [3.05, 3.63) is 29.9 Å². The topological polar surface area (TPSA) is 43.6 Å². The normalized spacial score (nSPS) is 10.3. The third-order valence-electron chi connectivity index (χ3n) is 1.62. The predicted molar refractivity (Wildman–Crippen MR) is 49.2 cm³/mol. The van der Waals surface area contributed by atoms with Crippen molar-refractivity contribution in [3.8, 4) is 11.3 Å². The fourth-order valence-corrected chi connectivity index (χ4v) is 1.11. The molecule has 0 aliphatic rings. The lowest BCUT2D eigenvalue weighted by Crippen LogP contribution is -1.85. The zero-order valence-corrected chi connectivity index (χ0v) is 7.73. The molecule has 2 aromatic rings. The summed E-state index contributed by atoms with van der Waals surface area (Å²) < 4.78 is 1.71. The first-order valence-electron chi connectivity index (χ1n) is 3.72. The van der Waals surface area contributed by atoms with Crippen molar-refractivity contribution in [2.45, 2.75) is 0 Å². The summed E-state index contributed by atoms with van der Waals surface area (Å²) >= 11 is 5.61. The van der Waals surface area contributed by atoms with Gasteiger partial charge in [-0.05, 0) is 0 Å². The third kappa shape index (κ3) is 1.67. The van der Waals surface area contributed by atoms with Crippen LogP contribution < -0.4 is 0 Å². The fourth-order valence-electron chi connectivity index (χ4n) is 1.01. The summed E-state index contributed by atoms with van der Waals surface area (Å²) in [6.45, 7) is 0. The van der Waals surface area contributed by atoms with Crippen LogP contribution in [0.1, 0.15) is 0 Å². The van der Waals surface area contributed by atoms with Crippen LogP contribution in [0, 0.1) is 0 Å². The molecular weight excluding hydrogens is 188 g/mol. The molecule has 0 N–H and O–H groups in total. The molecule has 0 saturated heterocycles. The third-order valence-corrected chi connectivity index (χ3v) is 1.82. The second-order valence-electron chi connectivity index (χ2n) is 2.63. The Morgan fingerprint density at radius 2 is 2.08 bits per heavy atom. The lowest BCUT2D eigenvalue weighted by atomic mass is 10.3. The highest BCUT2D eigenvalue weighted by Gasteiger charge is 2.01. The summed E-state index contributed by atoms with van der Waals surface area (Å²) in [5.74, 6) is 0. The van der Waals surface area contributed by atoms with E-state index in [1.54, 1.807) is 17.1 Å². The van der Waals surface area contributed by atoms with E-state index in [0.717, 1.165) is 11.3 Å². The molecule has 0 aliphatic heterocycles. The van der Waals surface area contributed by atoms with Gasteiger partial charge < -0.3 is 0 Å². The Morgan fingerprint density at radius 1 is 1.23 bits per heavy atom. The van der Waals surface area contributed by atoms with E-state index >= 15 is 0 Å². The second-order valence-corrected chi connectivity index (χ2v) is 3.01. The van der Waals surface area contributed by atoms with Crippen LogP contribution in [-0.2, 0) is 7.05 Å². The highest BCUT2D eigenvalue weighted by Crippen LogP contribution is 2.14. The summed E-state index contributed by atoms with van der Waals surface area (Å²) in [6, 6.07) is 0. The summed E-state index contributed by atoms with van der Waals surface area (Å²) in [4.78, 5) is 8.04. The molecule has 13 heavy (non-hydrogen) atoms. The van der Waals surface area contributed by atoms with E-state index in [1.165, 1.54) is 6.20 Å². The van der Waals surface area contributed by atoms with Crippen molar-refractivity contribution >= 4 is 11.6 Å². The van der Waals surface area contributed by atoms with Gasteiger partial charge in [-0.2, -0.15) is 5.10 Å². The Hall–Kier alpha value is -1.42. The SMILES string of the molecule is Cn1cc(-c2cnc(Cl)cn2)cn1. The Labute approximate surface area is 80.2 Å². The van der Waals surface area contributed by atoms with E-state index in [4.69, 9.17) is 11.6 Å². The minimum Gasteiger partial charge on any atom is -0.275 e. The number of aromatic nitrogens is 4. The Kier molecular flexibility index (Phi) is 1.98. The summed E-state index contributed by atoms with van der Waals surface area (Å²) in [5, 5.41) is 4.43. The maximum atomic E-state index is 5.61. The van der Waals surface area contributed by atoms with Crippen LogP contribution in [0.2, 0.25) is 5.15 Å². The van der Waals surface area contributed by atoms with Crippen LogP contribution in [0.25, 0.3) is 11.3 Å². The van der Waals surface area contributed by atoms with Crippen molar-refractivity contribution in [2.75, 3.05) is 0 Å². The molecule has 0 radical (unpaired) electrons. The molecule has 0 atom stereocenters. The van der Waals surface area contributed by atoms with Crippen molar-refractivity contribution < 1.29 is 0 Å². The fraction of sp³-hybridized carbons (Fsp3) is 0.125. The molecule has 2 heterocycles. The maximum Gasteiger partial charge on any atom is 0.147 e. The monoisotopic (exact) mass is 194 g/mol. The number of aryl methyl sites for hydroxylation is 1. The molecule has 66 valence electrons. The molecule has 0 fully saturated rings. The van der Waals surface area contributed by atoms with E-state index in [0.29, 0.717) is 5.15 Å². The van der Waals surface area contributed by atoms with E-state index in [2.05, 4.69) is 15.1 Å². The molecule has 0 spiro atoms. The first-order chi connectivity index (χ1) is 6.25. The zero-order valence-electron chi connectivity index (χ0n) is 6.98. The van der Waals surface area contributed by atoms with Crippen LogP contribution in [0.4, 0.5) is 0 Å². The van der Waals surface area contributed by atoms with Crippen LogP contribution in [0.3, 0.4) is 0 Å². The van der Waals surface area contributed by atoms with Crippen LogP contribution in [0.15, 0.2) is 24.8 Å². The Balaban J connectivity index is 2.41. The molecule has 0 bridgehead atoms. The van der Waals surface area contributed by atoms with Gasteiger partial charge in [-0.3, -0.25) is 9.67 Å². The van der Waals surface area contributed by atoms with Gasteiger partial charge in [0, 0.05) is 18.8 Å². The molecular formula is C8H7ClN4. The average molecular weight is 195 g/mol. The quantitative estimate of drug-likeness (QED) is 0.692. The largest absolute Gasteiger partial charge is 0.275 e. The number of halogens is 1. The van der Waals surface area contributed by atoms with Gasteiger partial charge in [-0.25, -0.2) is 4.98 Å². The zero-order chi connectivity index (χ0) is 9.26. The maximum absolute atomic E-state index is 5.61. The molecule has 0 amide bonds. The van der Waals surface area contributed by atoms with Gasteiger partial charge in [-0.1, -0.05) is 11.6 Å². The van der Waals surface area contributed by atoms with Gasteiger partial charge in [0.2, 0.25) is 0 Å². The predicted octanol–water partition coefficient (Wildman–Crippen LogP) is 1.53. The summed E-state index contributed by atoms with van der Waals surface area (Å²) in [7, 11) is 1.85. The van der Waals surface area contributed by atoms with Gasteiger partial charge in [0.15, 0.2) is 0 Å². The van der Waals surface area contributed by atoms with Crippen molar-refractivity contribution in [3.63, 3.8) is 0 Å². The molecule has 5 heteroatoms. The standard InChI is InChI=1S/C8H7ClN4/c1-13-5-6(2-12-13)7-3-11-8(9)4-10-7/h2-5H,1H3. The summed E-state index contributed by atoms with van der Waals surface area (Å²) in [5.41, 5.74) is 1.71. The lowest BCUT2D eigenvalue weighted by molar-refractivity contribution is 0.768. The molecule has 2 aromatic heterocycles. The Bertz CT molecular complexity index is 406. The first kappa shape index (κ1) is 8.19. The molecule has 0 aliphatic carbocycles. The number of hydrogen-bond donors (Lipinski definition) is 0. The average Bonchev–Trinajstić information content (AvgIpc) is 2.53. The van der Waals surface area contributed by atoms with Gasteiger partial charge in [0.1, 0.15) is 5.15 Å². The molecule has 0 unspecified atom stereocenters. The molecule has 0 saturated carbocycles. The Morgan fingerprint density at radius 3 is 2.62 bits per heavy atom. The van der Waals surface area contributed by atoms with Crippen LogP contribution in [0.5, 0.6) is 0 Å². The number of rotatable bonds is 1. The van der Waals surface area contributed by atoms with Crippen molar-refractivity contribution in [2.24, 2.45) is 7.05 Å². The van der Waals surface area contributed by atoms with E-state index in [9.17, 15) is 0 Å². The molecule has 0 aromatic carbocycles. The van der Waals surface area contributed by atoms with E-state index < -0.39 is 0 Å².